The fourth-order valence-corrected chi connectivity index (χ4v) is 2.98. The second-order valence-corrected chi connectivity index (χ2v) is 9.59. The molecule has 0 bridgehead atoms. The smallest absolute Gasteiger partial charge is 0.451 e. The van der Waals surface area contributed by atoms with Gasteiger partial charge in [-0.1, -0.05) is 18.2 Å². The molecule has 0 saturated carbocycles. The third-order valence-electron chi connectivity index (χ3n) is 5.32. The fraction of sp³-hybridized carbons (Fsp3) is 0.435. The summed E-state index contributed by atoms with van der Waals surface area (Å²) in [6.07, 6.45) is -0.836. The predicted molar refractivity (Wildman–Crippen MR) is 118 cm³/mol. The first kappa shape index (κ1) is 24.0. The number of halogens is 2. The van der Waals surface area contributed by atoms with Crippen molar-refractivity contribution in [3.63, 3.8) is 0 Å². The third kappa shape index (κ3) is 5.05. The molecule has 0 aliphatic carbocycles. The summed E-state index contributed by atoms with van der Waals surface area (Å²) in [6, 6.07) is 8.49. The van der Waals surface area contributed by atoms with E-state index in [9.17, 15) is 9.18 Å². The van der Waals surface area contributed by atoms with Crippen LogP contribution in [0.4, 0.5) is 19.3 Å². The highest BCUT2D eigenvalue weighted by atomic mass is 19.1. The van der Waals surface area contributed by atoms with Gasteiger partial charge >= 0.3 is 13.2 Å². The lowest BCUT2D eigenvalue weighted by atomic mass is 9.78. The van der Waals surface area contributed by atoms with Crippen molar-refractivity contribution in [2.45, 2.75) is 65.3 Å². The van der Waals surface area contributed by atoms with Gasteiger partial charge in [0.05, 0.1) is 16.9 Å². The number of carbonyl (C=O) groups is 1. The maximum Gasteiger partial charge on any atom is 0.498 e. The largest absolute Gasteiger partial charge is 0.498 e. The van der Waals surface area contributed by atoms with Crippen LogP contribution in [0.2, 0.25) is 0 Å². The molecule has 6 nitrogen and oxygen atoms in total. The highest BCUT2D eigenvalue weighted by Crippen LogP contribution is 2.38. The Balaban J connectivity index is 2.02. The van der Waals surface area contributed by atoms with Gasteiger partial charge in [-0.25, -0.2) is 13.6 Å². The van der Waals surface area contributed by atoms with Crippen molar-refractivity contribution in [2.75, 3.05) is 5.32 Å². The minimum absolute atomic E-state index is 0.182. The molecule has 9 heteroatoms. The third-order valence-corrected chi connectivity index (χ3v) is 5.32. The van der Waals surface area contributed by atoms with E-state index in [1.165, 1.54) is 30.3 Å². The average molecular weight is 447 g/mol. The van der Waals surface area contributed by atoms with Crippen LogP contribution in [0.5, 0.6) is 11.5 Å². The molecule has 0 unspecified atom stereocenters. The van der Waals surface area contributed by atoms with E-state index < -0.39 is 41.6 Å². The van der Waals surface area contributed by atoms with E-state index >= 15 is 4.39 Å². The molecule has 172 valence electrons. The number of hydrogen-bond donors (Lipinski definition) is 1. The zero-order valence-electron chi connectivity index (χ0n) is 19.3. The first-order chi connectivity index (χ1) is 14.7. The van der Waals surface area contributed by atoms with E-state index in [2.05, 4.69) is 5.32 Å². The molecule has 32 heavy (non-hydrogen) atoms. The van der Waals surface area contributed by atoms with Crippen LogP contribution in [0.15, 0.2) is 36.4 Å². The molecule has 2 aromatic rings. The molecular formula is C23H28BF2NO5. The Morgan fingerprint density at radius 3 is 2.16 bits per heavy atom. The normalized spacial score (nSPS) is 17.2. The maximum atomic E-state index is 15.6. The number of ether oxygens (including phenoxy) is 2. The quantitative estimate of drug-likeness (QED) is 0.636. The number of para-hydroxylation sites is 1. The first-order valence-corrected chi connectivity index (χ1v) is 10.3. The Bertz CT molecular complexity index is 1000. The first-order valence-electron chi connectivity index (χ1n) is 10.3. The SMILES string of the molecule is CC(C)(C)OC(=O)Nc1ccc(B2OC(C)(C)C(C)(C)O2)c(Oc2ccccc2F)c1F. The molecule has 2 aromatic carbocycles. The number of amides is 1. The second-order valence-electron chi connectivity index (χ2n) is 9.59. The number of rotatable bonds is 4. The van der Waals surface area contributed by atoms with Gasteiger partial charge in [0.1, 0.15) is 5.60 Å². The van der Waals surface area contributed by atoms with E-state index in [0.717, 1.165) is 0 Å². The van der Waals surface area contributed by atoms with Crippen molar-refractivity contribution in [3.8, 4) is 11.5 Å². The highest BCUT2D eigenvalue weighted by Gasteiger charge is 2.53. The number of hydrogen-bond acceptors (Lipinski definition) is 5. The van der Waals surface area contributed by atoms with Gasteiger partial charge in [-0.05, 0) is 66.7 Å². The standard InChI is InChI=1S/C23H28BF2NO5/c1-21(2,3)30-20(28)27-16-13-12-14(24-31-22(4,5)23(6,7)32-24)19(18(16)26)29-17-11-9-8-10-15(17)25/h8-13H,1-7H3,(H,27,28). The Labute approximate surface area is 187 Å². The van der Waals surface area contributed by atoms with Crippen LogP contribution in [0.25, 0.3) is 0 Å². The lowest BCUT2D eigenvalue weighted by Crippen LogP contribution is -2.41. The summed E-state index contributed by atoms with van der Waals surface area (Å²) < 4.78 is 52.7. The molecule has 1 fully saturated rings. The topological polar surface area (TPSA) is 66.0 Å². The van der Waals surface area contributed by atoms with Gasteiger partial charge in [0.15, 0.2) is 23.1 Å². The van der Waals surface area contributed by atoms with Crippen LogP contribution in [0, 0.1) is 11.6 Å². The van der Waals surface area contributed by atoms with Gasteiger partial charge < -0.3 is 18.8 Å². The lowest BCUT2D eigenvalue weighted by molar-refractivity contribution is 0.00578. The average Bonchev–Trinajstić information content (AvgIpc) is 2.86. The molecule has 3 rings (SSSR count). The fourth-order valence-electron chi connectivity index (χ4n) is 2.98. The van der Waals surface area contributed by atoms with Gasteiger partial charge in [-0.3, -0.25) is 5.32 Å². The molecule has 0 atom stereocenters. The van der Waals surface area contributed by atoms with Gasteiger partial charge in [-0.2, -0.15) is 0 Å². The summed E-state index contributed by atoms with van der Waals surface area (Å²) in [6.45, 7) is 12.5. The van der Waals surface area contributed by atoms with E-state index in [4.69, 9.17) is 18.8 Å². The summed E-state index contributed by atoms with van der Waals surface area (Å²) in [7, 11) is -0.966. The molecule has 0 aromatic heterocycles. The van der Waals surface area contributed by atoms with Crippen LogP contribution in [0.1, 0.15) is 48.5 Å². The number of anilines is 1. The van der Waals surface area contributed by atoms with Gasteiger partial charge in [0.25, 0.3) is 0 Å². The van der Waals surface area contributed by atoms with Gasteiger partial charge in [0.2, 0.25) is 0 Å². The van der Waals surface area contributed by atoms with E-state index in [-0.39, 0.29) is 22.6 Å². The van der Waals surface area contributed by atoms with Crippen LogP contribution in [-0.4, -0.2) is 30.0 Å². The summed E-state index contributed by atoms with van der Waals surface area (Å²) in [5, 5.41) is 2.37. The minimum atomic E-state index is -0.966. The van der Waals surface area contributed by atoms with Gasteiger partial charge in [-0.15, -0.1) is 0 Å². The number of nitrogens with one attached hydrogen (secondary N) is 1. The zero-order chi connectivity index (χ0) is 23.9. The molecule has 1 saturated heterocycles. The van der Waals surface area contributed by atoms with Crippen molar-refractivity contribution in [1.82, 2.24) is 0 Å². The van der Waals surface area contributed by atoms with Crippen LogP contribution >= 0.6 is 0 Å². The molecule has 1 aliphatic heterocycles. The van der Waals surface area contributed by atoms with Crippen LogP contribution in [-0.2, 0) is 14.0 Å². The Kier molecular flexibility index (Phi) is 6.28. The van der Waals surface area contributed by atoms with Crippen LogP contribution < -0.4 is 15.5 Å². The Morgan fingerprint density at radius 2 is 1.59 bits per heavy atom. The van der Waals surface area contributed by atoms with E-state index in [0.29, 0.717) is 0 Å². The number of carbonyl (C=O) groups excluding carboxylic acids is 1. The summed E-state index contributed by atoms with van der Waals surface area (Å²) >= 11 is 0. The van der Waals surface area contributed by atoms with E-state index in [1.807, 2.05) is 27.7 Å². The zero-order valence-corrected chi connectivity index (χ0v) is 19.3. The highest BCUT2D eigenvalue weighted by molar-refractivity contribution is 6.63. The molecule has 0 spiro atoms. The van der Waals surface area contributed by atoms with Crippen molar-refractivity contribution < 1.29 is 32.4 Å². The summed E-state index contributed by atoms with van der Waals surface area (Å²) in [4.78, 5) is 12.2. The summed E-state index contributed by atoms with van der Waals surface area (Å²) in [5.74, 6) is -2.08. The molecular weight excluding hydrogens is 419 g/mol. The summed E-state index contributed by atoms with van der Waals surface area (Å²) in [5.41, 5.74) is -2.10. The monoisotopic (exact) mass is 447 g/mol. The minimum Gasteiger partial charge on any atom is -0.451 e. The molecule has 1 N–H and O–H groups in total. The molecule has 1 aliphatic rings. The Hall–Kier alpha value is -2.65. The molecule has 1 amide bonds. The lowest BCUT2D eigenvalue weighted by Gasteiger charge is -2.32. The maximum absolute atomic E-state index is 15.6. The van der Waals surface area contributed by atoms with Crippen LogP contribution in [0.3, 0.4) is 0 Å². The van der Waals surface area contributed by atoms with Crippen molar-refractivity contribution >= 4 is 24.4 Å². The van der Waals surface area contributed by atoms with Crippen molar-refractivity contribution in [1.29, 1.82) is 0 Å². The second kappa shape index (κ2) is 8.37. The predicted octanol–water partition coefficient (Wildman–Crippen LogP) is 5.40. The molecule has 0 radical (unpaired) electrons. The Morgan fingerprint density at radius 1 is 1.00 bits per heavy atom. The van der Waals surface area contributed by atoms with Crippen molar-refractivity contribution in [3.05, 3.63) is 48.0 Å². The number of benzene rings is 2. The molecule has 1 heterocycles. The van der Waals surface area contributed by atoms with Gasteiger partial charge in [0, 0.05) is 5.46 Å². The van der Waals surface area contributed by atoms with Crippen molar-refractivity contribution in [2.24, 2.45) is 0 Å². The van der Waals surface area contributed by atoms with E-state index in [1.54, 1.807) is 26.8 Å².